The molecule has 2 N–H and O–H groups in total. The molecule has 0 atom stereocenters. The van der Waals surface area contributed by atoms with Crippen molar-refractivity contribution >= 4 is 29.7 Å². The zero-order chi connectivity index (χ0) is 10.5. The predicted octanol–water partition coefficient (Wildman–Crippen LogP) is 1.90. The van der Waals surface area contributed by atoms with Gasteiger partial charge in [0.15, 0.2) is 0 Å². The van der Waals surface area contributed by atoms with Gasteiger partial charge in [0, 0.05) is 6.54 Å². The average molecular weight is 261 g/mol. The number of piperidine rings is 1. The van der Waals surface area contributed by atoms with Crippen molar-refractivity contribution in [2.24, 2.45) is 5.92 Å². The molecule has 3 nitrogen and oxygen atoms in total. The maximum absolute atomic E-state index is 11.6. The summed E-state index contributed by atoms with van der Waals surface area (Å²) in [7, 11) is 0. The van der Waals surface area contributed by atoms with Crippen LogP contribution in [0, 0.1) is 5.92 Å². The van der Waals surface area contributed by atoms with Crippen LogP contribution in [0.25, 0.3) is 0 Å². The van der Waals surface area contributed by atoms with Gasteiger partial charge in [-0.1, -0.05) is 6.07 Å². The fraction of sp³-hybridized carbons (Fsp3) is 0.545. The maximum Gasteiger partial charge on any atom is 0.261 e. The number of carbonyl (C=O) groups is 1. The Morgan fingerprint density at radius 3 is 2.88 bits per heavy atom. The number of halogens is 1. The van der Waals surface area contributed by atoms with Gasteiger partial charge in [-0.2, -0.15) is 0 Å². The number of thiophene rings is 1. The number of hydrogen-bond acceptors (Lipinski definition) is 3. The lowest BCUT2D eigenvalue weighted by molar-refractivity contribution is 0.0948. The van der Waals surface area contributed by atoms with Gasteiger partial charge < -0.3 is 10.6 Å². The Kier molecular flexibility index (Phi) is 5.80. The van der Waals surface area contributed by atoms with Crippen molar-refractivity contribution in [1.82, 2.24) is 10.6 Å². The summed E-state index contributed by atoms with van der Waals surface area (Å²) >= 11 is 1.49. The van der Waals surface area contributed by atoms with Crippen LogP contribution < -0.4 is 10.6 Å². The molecule has 0 saturated carbocycles. The zero-order valence-electron chi connectivity index (χ0n) is 9.07. The van der Waals surface area contributed by atoms with Crippen LogP contribution in [-0.4, -0.2) is 25.5 Å². The van der Waals surface area contributed by atoms with Crippen molar-refractivity contribution in [3.05, 3.63) is 22.4 Å². The van der Waals surface area contributed by atoms with Gasteiger partial charge in [0.1, 0.15) is 0 Å². The summed E-state index contributed by atoms with van der Waals surface area (Å²) in [5.41, 5.74) is 0. The summed E-state index contributed by atoms with van der Waals surface area (Å²) in [5.74, 6) is 0.721. The molecule has 1 amide bonds. The Morgan fingerprint density at radius 2 is 2.25 bits per heavy atom. The summed E-state index contributed by atoms with van der Waals surface area (Å²) in [4.78, 5) is 12.4. The number of nitrogens with one attached hydrogen (secondary N) is 2. The smallest absolute Gasteiger partial charge is 0.261 e. The second-order valence-electron chi connectivity index (χ2n) is 3.88. The minimum Gasteiger partial charge on any atom is -0.351 e. The third-order valence-corrected chi connectivity index (χ3v) is 3.62. The van der Waals surface area contributed by atoms with Crippen LogP contribution in [-0.2, 0) is 0 Å². The first-order valence-electron chi connectivity index (χ1n) is 5.38. The molecular weight excluding hydrogens is 244 g/mol. The molecule has 0 aromatic carbocycles. The number of rotatable bonds is 3. The monoisotopic (exact) mass is 260 g/mol. The maximum atomic E-state index is 11.6. The SMILES string of the molecule is Cl.O=C(NCC1CCNCC1)c1cccs1. The lowest BCUT2D eigenvalue weighted by atomic mass is 9.98. The molecule has 1 aromatic rings. The predicted molar refractivity (Wildman–Crippen MR) is 69.5 cm³/mol. The van der Waals surface area contributed by atoms with Crippen molar-refractivity contribution in [1.29, 1.82) is 0 Å². The van der Waals surface area contributed by atoms with E-state index in [2.05, 4.69) is 10.6 Å². The van der Waals surface area contributed by atoms with E-state index in [0.29, 0.717) is 5.92 Å². The van der Waals surface area contributed by atoms with Crippen LogP contribution in [0.3, 0.4) is 0 Å². The van der Waals surface area contributed by atoms with Crippen LogP contribution in [0.1, 0.15) is 22.5 Å². The Morgan fingerprint density at radius 1 is 1.50 bits per heavy atom. The van der Waals surface area contributed by atoms with Gasteiger partial charge in [-0.3, -0.25) is 4.79 Å². The topological polar surface area (TPSA) is 41.1 Å². The quantitative estimate of drug-likeness (QED) is 0.872. The third-order valence-electron chi connectivity index (χ3n) is 2.75. The lowest BCUT2D eigenvalue weighted by Gasteiger charge is -2.22. The van der Waals surface area contributed by atoms with Crippen molar-refractivity contribution in [3.8, 4) is 0 Å². The highest BCUT2D eigenvalue weighted by Crippen LogP contribution is 2.11. The summed E-state index contributed by atoms with van der Waals surface area (Å²) in [5, 5.41) is 8.25. The van der Waals surface area contributed by atoms with Crippen LogP contribution in [0.15, 0.2) is 17.5 Å². The molecule has 1 aromatic heterocycles. The molecule has 0 bridgehead atoms. The summed E-state index contributed by atoms with van der Waals surface area (Å²) in [6, 6.07) is 3.77. The average Bonchev–Trinajstić information content (AvgIpc) is 2.81. The van der Waals surface area contributed by atoms with E-state index in [1.807, 2.05) is 17.5 Å². The highest BCUT2D eigenvalue weighted by molar-refractivity contribution is 7.12. The van der Waals surface area contributed by atoms with E-state index in [9.17, 15) is 4.79 Å². The van der Waals surface area contributed by atoms with Crippen molar-refractivity contribution in [3.63, 3.8) is 0 Å². The molecule has 1 saturated heterocycles. The van der Waals surface area contributed by atoms with Gasteiger partial charge in [-0.15, -0.1) is 23.7 Å². The highest BCUT2D eigenvalue weighted by atomic mass is 35.5. The first-order valence-corrected chi connectivity index (χ1v) is 6.26. The Labute approximate surface area is 106 Å². The molecule has 0 aliphatic carbocycles. The van der Waals surface area contributed by atoms with Crippen molar-refractivity contribution in [2.45, 2.75) is 12.8 Å². The van der Waals surface area contributed by atoms with Gasteiger partial charge in [0.25, 0.3) is 5.91 Å². The van der Waals surface area contributed by atoms with E-state index in [1.54, 1.807) is 0 Å². The second-order valence-corrected chi connectivity index (χ2v) is 4.83. The van der Waals surface area contributed by atoms with Gasteiger partial charge >= 0.3 is 0 Å². The van der Waals surface area contributed by atoms with E-state index >= 15 is 0 Å². The van der Waals surface area contributed by atoms with Crippen LogP contribution in [0.4, 0.5) is 0 Å². The highest BCUT2D eigenvalue weighted by Gasteiger charge is 2.14. The standard InChI is InChI=1S/C11H16N2OS.ClH/c14-11(10-2-1-7-15-10)13-8-9-3-5-12-6-4-9;/h1-2,7,9,12H,3-6,8H2,(H,13,14);1H. The van der Waals surface area contributed by atoms with Crippen LogP contribution in [0.5, 0.6) is 0 Å². The van der Waals surface area contributed by atoms with Gasteiger partial charge in [0.2, 0.25) is 0 Å². The first-order chi connectivity index (χ1) is 7.36. The first kappa shape index (κ1) is 13.5. The van der Waals surface area contributed by atoms with Gasteiger partial charge in [-0.25, -0.2) is 0 Å². The third kappa shape index (κ3) is 3.77. The van der Waals surface area contributed by atoms with E-state index < -0.39 is 0 Å². The molecule has 16 heavy (non-hydrogen) atoms. The molecule has 2 heterocycles. The Balaban J connectivity index is 0.00000128. The molecular formula is C11H17ClN2OS. The zero-order valence-corrected chi connectivity index (χ0v) is 10.7. The van der Waals surface area contributed by atoms with E-state index in [-0.39, 0.29) is 18.3 Å². The summed E-state index contributed by atoms with van der Waals surface area (Å²) in [6.45, 7) is 2.98. The number of carbonyl (C=O) groups excluding carboxylic acids is 1. The normalized spacial score (nSPS) is 16.5. The van der Waals surface area contributed by atoms with E-state index in [0.717, 1.165) is 24.5 Å². The largest absolute Gasteiger partial charge is 0.351 e. The van der Waals surface area contributed by atoms with Gasteiger partial charge in [0.05, 0.1) is 4.88 Å². The van der Waals surface area contributed by atoms with E-state index in [1.165, 1.54) is 24.2 Å². The van der Waals surface area contributed by atoms with Crippen LogP contribution >= 0.6 is 23.7 Å². The van der Waals surface area contributed by atoms with Crippen molar-refractivity contribution < 1.29 is 4.79 Å². The number of amides is 1. The molecule has 1 aliphatic rings. The molecule has 1 aliphatic heterocycles. The molecule has 5 heteroatoms. The second kappa shape index (κ2) is 6.89. The fourth-order valence-corrected chi connectivity index (χ4v) is 2.46. The molecule has 0 spiro atoms. The molecule has 0 radical (unpaired) electrons. The summed E-state index contributed by atoms with van der Waals surface area (Å²) < 4.78 is 0. The number of hydrogen-bond donors (Lipinski definition) is 2. The molecule has 0 unspecified atom stereocenters. The van der Waals surface area contributed by atoms with Crippen molar-refractivity contribution in [2.75, 3.05) is 19.6 Å². The fourth-order valence-electron chi connectivity index (χ4n) is 1.82. The summed E-state index contributed by atoms with van der Waals surface area (Å²) in [6.07, 6.45) is 2.34. The van der Waals surface area contributed by atoms with Crippen LogP contribution in [0.2, 0.25) is 0 Å². The molecule has 90 valence electrons. The minimum absolute atomic E-state index is 0. The Bertz CT molecular complexity index is 310. The van der Waals surface area contributed by atoms with Gasteiger partial charge in [-0.05, 0) is 43.3 Å². The minimum atomic E-state index is 0. The molecule has 1 fully saturated rings. The van der Waals surface area contributed by atoms with E-state index in [4.69, 9.17) is 0 Å². The lowest BCUT2D eigenvalue weighted by Crippen LogP contribution is -2.35. The Hall–Kier alpha value is -0.580. The molecule has 2 rings (SSSR count).